The van der Waals surface area contributed by atoms with E-state index in [1.54, 1.807) is 32.1 Å². The van der Waals surface area contributed by atoms with Crippen LogP contribution in [0.1, 0.15) is 18.1 Å². The van der Waals surface area contributed by atoms with Crippen LogP contribution in [0.2, 0.25) is 0 Å². The molecule has 1 N–H and O–H groups in total. The number of aromatic nitrogens is 2. The van der Waals surface area contributed by atoms with Crippen LogP contribution in [0.15, 0.2) is 52.7 Å². The van der Waals surface area contributed by atoms with Crippen molar-refractivity contribution >= 4 is 0 Å². The Kier molecular flexibility index (Phi) is 5.59. The number of H-pyrrole nitrogens is 1. The predicted molar refractivity (Wildman–Crippen MR) is 101 cm³/mol. The molecule has 0 spiro atoms. The molecule has 0 radical (unpaired) electrons. The van der Waals surface area contributed by atoms with Gasteiger partial charge in [0.25, 0.3) is 0 Å². The van der Waals surface area contributed by atoms with E-state index < -0.39 is 5.69 Å². The number of nitrogens with zero attached hydrogens (tertiary/aromatic N) is 2. The largest absolute Gasteiger partial charge is 0.478 e. The Bertz CT molecular complexity index is 1050. The van der Waals surface area contributed by atoms with Crippen LogP contribution in [-0.4, -0.2) is 16.6 Å². The van der Waals surface area contributed by atoms with Gasteiger partial charge in [0, 0.05) is 23.7 Å². The summed E-state index contributed by atoms with van der Waals surface area (Å²) < 4.78 is 25.2. The second-order valence-corrected chi connectivity index (χ2v) is 6.77. The highest BCUT2D eigenvalue weighted by molar-refractivity contribution is 5.44. The van der Waals surface area contributed by atoms with Gasteiger partial charge in [0.05, 0.1) is 12.2 Å². The predicted octanol–water partition coefficient (Wildman–Crippen LogP) is 3.58. The molecule has 0 bridgehead atoms. The van der Waals surface area contributed by atoms with Crippen molar-refractivity contribution in [1.29, 1.82) is 5.26 Å². The molecule has 1 aliphatic rings. The Hall–Kier alpha value is -3.40. The molecule has 28 heavy (non-hydrogen) atoms. The molecular weight excluding hydrogens is 361 g/mol. The fourth-order valence-corrected chi connectivity index (χ4v) is 2.82. The second-order valence-electron chi connectivity index (χ2n) is 6.77. The van der Waals surface area contributed by atoms with Gasteiger partial charge in [0.1, 0.15) is 23.4 Å². The normalized spacial score (nSPS) is 18.7. The topological polar surface area (TPSA) is 88.0 Å². The van der Waals surface area contributed by atoms with E-state index in [1.165, 1.54) is 12.3 Å². The Morgan fingerprint density at radius 2 is 2.07 bits per heavy atom. The van der Waals surface area contributed by atoms with Crippen LogP contribution in [0.3, 0.4) is 0 Å². The van der Waals surface area contributed by atoms with E-state index in [-0.39, 0.29) is 24.3 Å². The molecule has 1 aromatic carbocycles. The van der Waals surface area contributed by atoms with Gasteiger partial charge in [-0.05, 0) is 37.5 Å². The zero-order chi connectivity index (χ0) is 20.3. The van der Waals surface area contributed by atoms with E-state index in [0.717, 1.165) is 0 Å². The highest BCUT2D eigenvalue weighted by Crippen LogP contribution is 2.30. The van der Waals surface area contributed by atoms with Gasteiger partial charge in [-0.25, -0.2) is 14.2 Å². The number of aromatic amines is 1. The molecule has 7 heteroatoms. The second kappa shape index (κ2) is 8.09. The van der Waals surface area contributed by atoms with Crippen LogP contribution >= 0.6 is 0 Å². The summed E-state index contributed by atoms with van der Waals surface area (Å²) in [5.74, 6) is 0.646. The van der Waals surface area contributed by atoms with Crippen molar-refractivity contribution in [3.05, 3.63) is 75.3 Å². The van der Waals surface area contributed by atoms with Gasteiger partial charge < -0.3 is 9.47 Å². The van der Waals surface area contributed by atoms with Crippen LogP contribution in [0.25, 0.3) is 0 Å². The first-order valence-corrected chi connectivity index (χ1v) is 8.84. The highest BCUT2D eigenvalue weighted by Gasteiger charge is 2.24. The minimum Gasteiger partial charge on any atom is -0.478 e. The fraction of sp³-hybridized carbons (Fsp3) is 0.286. The summed E-state index contributed by atoms with van der Waals surface area (Å²) in [4.78, 5) is 17.6. The quantitative estimate of drug-likeness (QED) is 0.855. The summed E-state index contributed by atoms with van der Waals surface area (Å²) >= 11 is 0. The van der Waals surface area contributed by atoms with E-state index in [9.17, 15) is 14.4 Å². The molecule has 6 nitrogen and oxygen atoms in total. The highest BCUT2D eigenvalue weighted by atomic mass is 19.1. The molecular formula is C21H20FN3O3. The summed E-state index contributed by atoms with van der Waals surface area (Å²) in [5, 5.41) is 9.50. The zero-order valence-electron chi connectivity index (χ0n) is 15.8. The lowest BCUT2D eigenvalue weighted by atomic mass is 9.87. The molecule has 0 fully saturated rings. The Morgan fingerprint density at radius 3 is 2.79 bits per heavy atom. The zero-order valence-corrected chi connectivity index (χ0v) is 15.8. The summed E-state index contributed by atoms with van der Waals surface area (Å²) in [6, 6.07) is 6.71. The Morgan fingerprint density at radius 1 is 1.29 bits per heavy atom. The molecule has 144 valence electrons. The van der Waals surface area contributed by atoms with Crippen LogP contribution in [0, 0.1) is 42.8 Å². The third-order valence-corrected chi connectivity index (χ3v) is 4.60. The van der Waals surface area contributed by atoms with Crippen molar-refractivity contribution in [1.82, 2.24) is 9.97 Å². The maximum atomic E-state index is 13.7. The van der Waals surface area contributed by atoms with Crippen molar-refractivity contribution < 1.29 is 13.9 Å². The average molecular weight is 381 g/mol. The fourth-order valence-electron chi connectivity index (χ4n) is 2.82. The van der Waals surface area contributed by atoms with Gasteiger partial charge in [-0.2, -0.15) is 5.26 Å². The maximum Gasteiger partial charge on any atom is 0.347 e. The van der Waals surface area contributed by atoms with Crippen molar-refractivity contribution in [2.45, 2.75) is 20.8 Å². The van der Waals surface area contributed by atoms with Gasteiger partial charge in [0.15, 0.2) is 5.88 Å². The molecule has 2 unspecified atom stereocenters. The smallest absolute Gasteiger partial charge is 0.347 e. The van der Waals surface area contributed by atoms with Gasteiger partial charge in [0.2, 0.25) is 0 Å². The van der Waals surface area contributed by atoms with E-state index in [0.29, 0.717) is 34.1 Å². The first-order chi connectivity index (χ1) is 13.4. The van der Waals surface area contributed by atoms with Crippen molar-refractivity contribution in [2.75, 3.05) is 6.61 Å². The third kappa shape index (κ3) is 4.29. The molecule has 0 saturated heterocycles. The minimum atomic E-state index is -0.480. The van der Waals surface area contributed by atoms with Crippen LogP contribution in [-0.2, 0) is 0 Å². The Labute approximate surface area is 162 Å². The molecule has 1 heterocycles. The number of aryl methyl sites for hydroxylation is 2. The number of rotatable bonds is 5. The van der Waals surface area contributed by atoms with E-state index in [4.69, 9.17) is 9.47 Å². The number of allylic oxidation sites excluding steroid dienone is 2. The van der Waals surface area contributed by atoms with Crippen molar-refractivity contribution in [2.24, 2.45) is 11.8 Å². The number of halogens is 1. The van der Waals surface area contributed by atoms with Crippen LogP contribution < -0.4 is 15.2 Å². The van der Waals surface area contributed by atoms with Crippen LogP contribution in [0.4, 0.5) is 4.39 Å². The van der Waals surface area contributed by atoms with Crippen LogP contribution in [0.5, 0.6) is 11.6 Å². The lowest BCUT2D eigenvalue weighted by Crippen LogP contribution is -2.23. The molecule has 0 saturated carbocycles. The first-order valence-electron chi connectivity index (χ1n) is 8.84. The molecule has 0 amide bonds. The summed E-state index contributed by atoms with van der Waals surface area (Å²) in [6.07, 6.45) is 5.05. The number of ether oxygens (including phenoxy) is 2. The molecule has 2 atom stereocenters. The standard InChI is InChI=1S/C21H20FN3O3/c1-12-4-5-17(8-18(12)22)28-19-6-13(2)16(7-15(19)9-23)11-27-20-14(3)10-24-21(26)25-20/h4-8,10,13,16H,11H2,1-3H3,(H,24,25,26). The van der Waals surface area contributed by atoms with Gasteiger partial charge in [-0.15, -0.1) is 0 Å². The number of nitriles is 1. The van der Waals surface area contributed by atoms with Gasteiger partial charge >= 0.3 is 5.69 Å². The number of nitrogens with one attached hydrogen (secondary N) is 1. The van der Waals surface area contributed by atoms with Crippen molar-refractivity contribution in [3.8, 4) is 17.7 Å². The lowest BCUT2D eigenvalue weighted by molar-refractivity contribution is 0.236. The molecule has 2 aromatic rings. The van der Waals surface area contributed by atoms with Gasteiger partial charge in [-0.3, -0.25) is 4.98 Å². The first kappa shape index (κ1) is 19.4. The monoisotopic (exact) mass is 381 g/mol. The molecule has 3 rings (SSSR count). The van der Waals surface area contributed by atoms with E-state index in [2.05, 4.69) is 16.0 Å². The number of benzene rings is 1. The van der Waals surface area contributed by atoms with Gasteiger partial charge in [-0.1, -0.05) is 19.1 Å². The van der Waals surface area contributed by atoms with E-state index in [1.807, 2.05) is 13.0 Å². The molecule has 1 aromatic heterocycles. The summed E-state index contributed by atoms with van der Waals surface area (Å²) in [5.41, 5.74) is 1.11. The summed E-state index contributed by atoms with van der Waals surface area (Å²) in [7, 11) is 0. The number of hydrogen-bond donors (Lipinski definition) is 1. The molecule has 1 aliphatic carbocycles. The third-order valence-electron chi connectivity index (χ3n) is 4.60. The lowest BCUT2D eigenvalue weighted by Gasteiger charge is -2.25. The maximum absolute atomic E-state index is 13.7. The van der Waals surface area contributed by atoms with Crippen molar-refractivity contribution in [3.63, 3.8) is 0 Å². The summed E-state index contributed by atoms with van der Waals surface area (Å²) in [6.45, 7) is 5.70. The van der Waals surface area contributed by atoms with E-state index >= 15 is 0 Å². The SMILES string of the molecule is Cc1ccc(OC2=CC(C)C(COc3[nH]c(=O)ncc3C)C=C2C#N)cc1F. The Balaban J connectivity index is 1.74. The minimum absolute atomic E-state index is 0.0104. The average Bonchev–Trinajstić information content (AvgIpc) is 2.66. The number of hydrogen-bond acceptors (Lipinski definition) is 5. The molecule has 0 aliphatic heterocycles.